The molecule has 7 heteroatoms. The highest BCUT2D eigenvalue weighted by molar-refractivity contribution is 5.37. The van der Waals surface area contributed by atoms with Crippen LogP contribution < -0.4 is 5.73 Å². The van der Waals surface area contributed by atoms with Gasteiger partial charge in [-0.2, -0.15) is 4.39 Å². The van der Waals surface area contributed by atoms with E-state index in [1.807, 2.05) is 0 Å². The monoisotopic (exact) mass is 232 g/mol. The molecule has 1 aromatic rings. The summed E-state index contributed by atoms with van der Waals surface area (Å²) < 4.78 is 26.4. The predicted molar refractivity (Wildman–Crippen MR) is 51.6 cm³/mol. The molecule has 0 amide bonds. The van der Waals surface area contributed by atoms with Crippen LogP contribution in [-0.4, -0.2) is 16.6 Å². The van der Waals surface area contributed by atoms with Crippen molar-refractivity contribution in [2.45, 2.75) is 12.5 Å². The summed E-state index contributed by atoms with van der Waals surface area (Å²) in [5.74, 6) is -2.20. The number of rotatable bonds is 4. The Kier molecular flexibility index (Phi) is 3.86. The van der Waals surface area contributed by atoms with Crippen LogP contribution in [0.4, 0.5) is 14.5 Å². The Balaban J connectivity index is 3.15. The van der Waals surface area contributed by atoms with E-state index in [1.165, 1.54) is 0 Å². The van der Waals surface area contributed by atoms with Crippen LogP contribution in [0.2, 0.25) is 0 Å². The molecule has 5 nitrogen and oxygen atoms in total. The number of nitro benzene ring substituents is 1. The predicted octanol–water partition coefficient (Wildman–Crippen LogP) is 1.26. The Morgan fingerprint density at radius 1 is 1.44 bits per heavy atom. The largest absolute Gasteiger partial charge is 0.388 e. The zero-order valence-electron chi connectivity index (χ0n) is 8.19. The molecule has 3 N–H and O–H groups in total. The highest BCUT2D eigenvalue weighted by atomic mass is 19.1. The minimum absolute atomic E-state index is 0.0498. The average Bonchev–Trinajstić information content (AvgIpc) is 2.20. The number of hydrogen-bond acceptors (Lipinski definition) is 4. The minimum Gasteiger partial charge on any atom is -0.388 e. The molecule has 0 aliphatic rings. The van der Waals surface area contributed by atoms with Gasteiger partial charge in [0.2, 0.25) is 5.82 Å². The molecule has 0 bridgehead atoms. The Labute approximate surface area is 89.6 Å². The molecule has 0 saturated heterocycles. The standard InChI is InChI=1S/C9H10F2N2O3/c10-6-4-8(13(15)16)7(11)3-5(6)9(14)1-2-12/h3-4,9,14H,1-2,12H2/t9-/m0/s1. The number of nitro groups is 1. The molecule has 0 heterocycles. The summed E-state index contributed by atoms with van der Waals surface area (Å²) in [7, 11) is 0. The van der Waals surface area contributed by atoms with Crippen LogP contribution in [0.15, 0.2) is 12.1 Å². The smallest absolute Gasteiger partial charge is 0.307 e. The van der Waals surface area contributed by atoms with E-state index in [2.05, 4.69) is 0 Å². The van der Waals surface area contributed by atoms with Crippen molar-refractivity contribution in [3.63, 3.8) is 0 Å². The van der Waals surface area contributed by atoms with Crippen LogP contribution in [0, 0.1) is 21.7 Å². The molecule has 0 saturated carbocycles. The zero-order chi connectivity index (χ0) is 12.3. The maximum absolute atomic E-state index is 13.3. The first-order valence-electron chi connectivity index (χ1n) is 4.48. The topological polar surface area (TPSA) is 89.4 Å². The highest BCUT2D eigenvalue weighted by Crippen LogP contribution is 2.26. The first-order valence-corrected chi connectivity index (χ1v) is 4.48. The second-order valence-corrected chi connectivity index (χ2v) is 3.18. The van der Waals surface area contributed by atoms with E-state index in [1.54, 1.807) is 0 Å². The van der Waals surface area contributed by atoms with Gasteiger partial charge in [-0.25, -0.2) is 4.39 Å². The fourth-order valence-electron chi connectivity index (χ4n) is 1.26. The first kappa shape index (κ1) is 12.5. The van der Waals surface area contributed by atoms with Gasteiger partial charge in [-0.3, -0.25) is 10.1 Å². The maximum atomic E-state index is 13.3. The van der Waals surface area contributed by atoms with Crippen LogP contribution in [0.3, 0.4) is 0 Å². The molecule has 16 heavy (non-hydrogen) atoms. The number of nitrogens with two attached hydrogens (primary N) is 1. The van der Waals surface area contributed by atoms with Crippen molar-refractivity contribution < 1.29 is 18.8 Å². The Hall–Kier alpha value is -1.60. The molecular weight excluding hydrogens is 222 g/mol. The third-order valence-corrected chi connectivity index (χ3v) is 2.06. The number of aliphatic hydroxyl groups excluding tert-OH is 1. The van der Waals surface area contributed by atoms with Gasteiger partial charge in [-0.15, -0.1) is 0 Å². The number of halogens is 2. The quantitative estimate of drug-likeness (QED) is 0.604. The molecule has 0 spiro atoms. The van der Waals surface area contributed by atoms with E-state index in [0.717, 1.165) is 0 Å². The minimum atomic E-state index is -1.26. The molecule has 0 fully saturated rings. The average molecular weight is 232 g/mol. The van der Waals surface area contributed by atoms with Crippen molar-refractivity contribution in [2.75, 3.05) is 6.54 Å². The van der Waals surface area contributed by atoms with E-state index in [0.29, 0.717) is 12.1 Å². The van der Waals surface area contributed by atoms with Gasteiger partial charge in [-0.1, -0.05) is 0 Å². The summed E-state index contributed by atoms with van der Waals surface area (Å²) in [6.45, 7) is 0.0964. The van der Waals surface area contributed by atoms with Gasteiger partial charge >= 0.3 is 5.69 Å². The highest BCUT2D eigenvalue weighted by Gasteiger charge is 2.21. The molecule has 0 aliphatic heterocycles. The van der Waals surface area contributed by atoms with Crippen LogP contribution in [0.5, 0.6) is 0 Å². The van der Waals surface area contributed by atoms with Gasteiger partial charge < -0.3 is 10.8 Å². The Morgan fingerprint density at radius 3 is 2.56 bits per heavy atom. The second-order valence-electron chi connectivity index (χ2n) is 3.18. The lowest BCUT2D eigenvalue weighted by Gasteiger charge is -2.10. The molecule has 1 aromatic carbocycles. The van der Waals surface area contributed by atoms with Crippen molar-refractivity contribution in [2.24, 2.45) is 5.73 Å². The first-order chi connectivity index (χ1) is 7.47. The van der Waals surface area contributed by atoms with E-state index < -0.39 is 28.3 Å². The normalized spacial score (nSPS) is 12.5. The van der Waals surface area contributed by atoms with Crippen LogP contribution in [0.1, 0.15) is 18.1 Å². The number of nitrogens with zero attached hydrogens (tertiary/aromatic N) is 1. The van der Waals surface area contributed by atoms with Gasteiger partial charge in [0.1, 0.15) is 5.82 Å². The molecule has 0 aliphatic carbocycles. The number of benzene rings is 1. The van der Waals surface area contributed by atoms with Gasteiger partial charge in [0.15, 0.2) is 0 Å². The van der Waals surface area contributed by atoms with Crippen LogP contribution in [0.25, 0.3) is 0 Å². The van der Waals surface area contributed by atoms with E-state index in [4.69, 9.17) is 5.73 Å². The zero-order valence-corrected chi connectivity index (χ0v) is 8.19. The molecular formula is C9H10F2N2O3. The molecule has 0 aromatic heterocycles. The fraction of sp³-hybridized carbons (Fsp3) is 0.333. The summed E-state index contributed by atoms with van der Waals surface area (Å²) in [6.07, 6.45) is -1.21. The van der Waals surface area contributed by atoms with Gasteiger partial charge in [0, 0.05) is 5.56 Å². The summed E-state index contributed by atoms with van der Waals surface area (Å²) in [4.78, 5) is 9.27. The summed E-state index contributed by atoms with van der Waals surface area (Å²) in [5, 5.41) is 19.7. The van der Waals surface area contributed by atoms with Gasteiger partial charge in [0.05, 0.1) is 17.1 Å². The van der Waals surface area contributed by atoms with Crippen molar-refractivity contribution in [1.82, 2.24) is 0 Å². The molecule has 1 atom stereocenters. The Morgan fingerprint density at radius 2 is 2.06 bits per heavy atom. The van der Waals surface area contributed by atoms with Gasteiger partial charge in [-0.05, 0) is 19.0 Å². The summed E-state index contributed by atoms with van der Waals surface area (Å²) in [5.41, 5.74) is 3.87. The summed E-state index contributed by atoms with van der Waals surface area (Å²) >= 11 is 0. The van der Waals surface area contributed by atoms with Crippen LogP contribution >= 0.6 is 0 Å². The second kappa shape index (κ2) is 4.95. The molecule has 1 rings (SSSR count). The lowest BCUT2D eigenvalue weighted by molar-refractivity contribution is -0.387. The third-order valence-electron chi connectivity index (χ3n) is 2.06. The maximum Gasteiger partial charge on any atom is 0.307 e. The van der Waals surface area contributed by atoms with Gasteiger partial charge in [0.25, 0.3) is 0 Å². The molecule has 0 unspecified atom stereocenters. The third kappa shape index (κ3) is 2.50. The van der Waals surface area contributed by atoms with E-state index >= 15 is 0 Å². The van der Waals surface area contributed by atoms with Crippen molar-refractivity contribution in [3.8, 4) is 0 Å². The summed E-state index contributed by atoms with van der Waals surface area (Å²) in [6, 6.07) is 1.07. The lowest BCUT2D eigenvalue weighted by atomic mass is 10.1. The van der Waals surface area contributed by atoms with E-state index in [9.17, 15) is 24.0 Å². The molecule has 88 valence electrons. The van der Waals surface area contributed by atoms with Crippen molar-refractivity contribution in [3.05, 3.63) is 39.4 Å². The Bertz CT molecular complexity index is 412. The number of aliphatic hydroxyl groups is 1. The van der Waals surface area contributed by atoms with Crippen LogP contribution in [-0.2, 0) is 0 Å². The lowest BCUT2D eigenvalue weighted by Crippen LogP contribution is -2.09. The SMILES string of the molecule is NCC[C@H](O)c1cc(F)c([N+](=O)[O-])cc1F. The molecule has 0 radical (unpaired) electrons. The fourth-order valence-corrected chi connectivity index (χ4v) is 1.26. The number of hydrogen-bond donors (Lipinski definition) is 2. The van der Waals surface area contributed by atoms with E-state index in [-0.39, 0.29) is 18.5 Å². The van der Waals surface area contributed by atoms with Crippen molar-refractivity contribution >= 4 is 5.69 Å². The van der Waals surface area contributed by atoms with Crippen molar-refractivity contribution in [1.29, 1.82) is 0 Å².